The summed E-state index contributed by atoms with van der Waals surface area (Å²) in [6.45, 7) is 2.05. The monoisotopic (exact) mass is 247 g/mol. The first-order valence-electron chi connectivity index (χ1n) is 6.66. The molecule has 0 spiro atoms. The molecule has 1 fully saturated rings. The lowest BCUT2D eigenvalue weighted by Gasteiger charge is -2.36. The molecule has 0 aromatic rings. The maximum Gasteiger partial charge on any atom is 0.167 e. The van der Waals surface area contributed by atoms with Crippen LogP contribution in [0.15, 0.2) is 0 Å². The van der Waals surface area contributed by atoms with Gasteiger partial charge in [0, 0.05) is 33.0 Å². The standard InChI is InChI=1S/C13H26FNO2/c1-15(10-6-9-14)11-12-17-13(16-2)7-4-3-5-8-13/h3-12H2,1-2H3. The maximum atomic E-state index is 12.0. The number of likely N-dealkylation sites (N-methyl/N-ethyl adjacent to an activating group) is 1. The Morgan fingerprint density at radius 3 is 2.47 bits per heavy atom. The van der Waals surface area contributed by atoms with Crippen LogP contribution in [0.2, 0.25) is 0 Å². The highest BCUT2D eigenvalue weighted by Crippen LogP contribution is 2.31. The largest absolute Gasteiger partial charge is 0.353 e. The first-order valence-corrected chi connectivity index (χ1v) is 6.66. The molecule has 0 atom stereocenters. The van der Waals surface area contributed by atoms with Gasteiger partial charge in [-0.3, -0.25) is 4.39 Å². The molecule has 0 heterocycles. The number of hydrogen-bond donors (Lipinski definition) is 0. The molecule has 0 bridgehead atoms. The Kier molecular flexibility index (Phi) is 7.00. The van der Waals surface area contributed by atoms with Crippen LogP contribution in [0.5, 0.6) is 0 Å². The molecule has 1 aliphatic carbocycles. The summed E-state index contributed by atoms with van der Waals surface area (Å²) in [4.78, 5) is 2.10. The predicted octanol–water partition coefficient (Wildman–Crippen LogP) is 2.60. The van der Waals surface area contributed by atoms with E-state index in [2.05, 4.69) is 4.90 Å². The van der Waals surface area contributed by atoms with E-state index in [1.54, 1.807) is 7.11 Å². The van der Waals surface area contributed by atoms with Crippen LogP contribution in [-0.4, -0.2) is 51.2 Å². The fraction of sp³-hybridized carbons (Fsp3) is 1.00. The van der Waals surface area contributed by atoms with Crippen LogP contribution < -0.4 is 0 Å². The van der Waals surface area contributed by atoms with Crippen LogP contribution in [-0.2, 0) is 9.47 Å². The third-order valence-electron chi connectivity index (χ3n) is 3.50. The molecule has 1 saturated carbocycles. The number of rotatable bonds is 8. The van der Waals surface area contributed by atoms with Gasteiger partial charge in [-0.05, 0) is 26.3 Å². The first kappa shape index (κ1) is 14.9. The molecule has 3 nitrogen and oxygen atoms in total. The van der Waals surface area contributed by atoms with E-state index in [1.807, 2.05) is 7.05 Å². The fourth-order valence-electron chi connectivity index (χ4n) is 2.33. The minimum absolute atomic E-state index is 0.243. The summed E-state index contributed by atoms with van der Waals surface area (Å²) in [5, 5.41) is 0. The van der Waals surface area contributed by atoms with Gasteiger partial charge in [-0.1, -0.05) is 6.42 Å². The zero-order valence-corrected chi connectivity index (χ0v) is 11.2. The lowest BCUT2D eigenvalue weighted by Crippen LogP contribution is -2.39. The Bertz CT molecular complexity index is 196. The van der Waals surface area contributed by atoms with Crippen LogP contribution in [0.4, 0.5) is 4.39 Å². The molecule has 0 aliphatic heterocycles. The topological polar surface area (TPSA) is 21.7 Å². The van der Waals surface area contributed by atoms with E-state index in [1.165, 1.54) is 19.3 Å². The summed E-state index contributed by atoms with van der Waals surface area (Å²) in [6.07, 6.45) is 6.25. The summed E-state index contributed by atoms with van der Waals surface area (Å²) < 4.78 is 23.5. The normalized spacial score (nSPS) is 19.8. The maximum absolute atomic E-state index is 12.0. The molecule has 0 aromatic carbocycles. The van der Waals surface area contributed by atoms with Crippen molar-refractivity contribution in [1.82, 2.24) is 4.90 Å². The van der Waals surface area contributed by atoms with Crippen molar-refractivity contribution in [3.8, 4) is 0 Å². The minimum Gasteiger partial charge on any atom is -0.353 e. The van der Waals surface area contributed by atoms with E-state index in [0.717, 1.165) is 25.9 Å². The summed E-state index contributed by atoms with van der Waals surface area (Å²) in [5.41, 5.74) is 0. The third kappa shape index (κ3) is 5.32. The second-order valence-electron chi connectivity index (χ2n) is 4.87. The lowest BCUT2D eigenvalue weighted by molar-refractivity contribution is -0.239. The van der Waals surface area contributed by atoms with Gasteiger partial charge in [-0.25, -0.2) is 0 Å². The van der Waals surface area contributed by atoms with Crippen LogP contribution >= 0.6 is 0 Å². The number of ether oxygens (including phenoxy) is 2. The van der Waals surface area contributed by atoms with Gasteiger partial charge in [-0.15, -0.1) is 0 Å². The highest BCUT2D eigenvalue weighted by atomic mass is 19.1. The van der Waals surface area contributed by atoms with Gasteiger partial charge in [0.2, 0.25) is 0 Å². The van der Waals surface area contributed by atoms with Crippen molar-refractivity contribution in [2.24, 2.45) is 0 Å². The fourth-order valence-corrected chi connectivity index (χ4v) is 2.33. The molecule has 0 unspecified atom stereocenters. The smallest absolute Gasteiger partial charge is 0.167 e. The molecule has 0 N–H and O–H groups in total. The number of halogens is 1. The van der Waals surface area contributed by atoms with Gasteiger partial charge in [0.05, 0.1) is 13.3 Å². The highest BCUT2D eigenvalue weighted by molar-refractivity contribution is 4.75. The van der Waals surface area contributed by atoms with Crippen LogP contribution in [0, 0.1) is 0 Å². The van der Waals surface area contributed by atoms with E-state index in [0.29, 0.717) is 13.0 Å². The second kappa shape index (κ2) is 8.01. The average molecular weight is 247 g/mol. The minimum atomic E-state index is -0.348. The molecule has 0 amide bonds. The van der Waals surface area contributed by atoms with Gasteiger partial charge < -0.3 is 14.4 Å². The predicted molar refractivity (Wildman–Crippen MR) is 66.9 cm³/mol. The molecule has 1 rings (SSSR count). The van der Waals surface area contributed by atoms with Crippen molar-refractivity contribution in [1.29, 1.82) is 0 Å². The SMILES string of the molecule is COC1(OCCN(C)CCCF)CCCCC1. The van der Waals surface area contributed by atoms with Crippen LogP contribution in [0.3, 0.4) is 0 Å². The van der Waals surface area contributed by atoms with E-state index in [4.69, 9.17) is 9.47 Å². The molecular weight excluding hydrogens is 221 g/mol. The molecule has 102 valence electrons. The average Bonchev–Trinajstić information content (AvgIpc) is 2.37. The summed E-state index contributed by atoms with van der Waals surface area (Å²) in [7, 11) is 3.73. The molecule has 0 aromatic heterocycles. The zero-order chi connectivity index (χ0) is 12.6. The lowest BCUT2D eigenvalue weighted by atomic mass is 9.94. The summed E-state index contributed by atoms with van der Waals surface area (Å²) in [6, 6.07) is 0. The van der Waals surface area contributed by atoms with Gasteiger partial charge in [0.25, 0.3) is 0 Å². The number of hydrogen-bond acceptors (Lipinski definition) is 3. The van der Waals surface area contributed by atoms with Crippen molar-refractivity contribution < 1.29 is 13.9 Å². The molecule has 1 aliphatic rings. The second-order valence-corrected chi connectivity index (χ2v) is 4.87. The number of alkyl halides is 1. The van der Waals surface area contributed by atoms with Crippen molar-refractivity contribution in [2.75, 3.05) is 40.5 Å². The Labute approximate surface area is 104 Å². The Morgan fingerprint density at radius 1 is 1.18 bits per heavy atom. The van der Waals surface area contributed by atoms with E-state index >= 15 is 0 Å². The number of methoxy groups -OCH3 is 1. The van der Waals surface area contributed by atoms with Gasteiger partial charge in [0.15, 0.2) is 5.79 Å². The van der Waals surface area contributed by atoms with Crippen molar-refractivity contribution in [3.05, 3.63) is 0 Å². The Morgan fingerprint density at radius 2 is 1.88 bits per heavy atom. The third-order valence-corrected chi connectivity index (χ3v) is 3.50. The van der Waals surface area contributed by atoms with Crippen LogP contribution in [0.1, 0.15) is 38.5 Å². The van der Waals surface area contributed by atoms with Crippen molar-refractivity contribution in [3.63, 3.8) is 0 Å². The zero-order valence-electron chi connectivity index (χ0n) is 11.2. The Hall–Kier alpha value is -0.190. The highest BCUT2D eigenvalue weighted by Gasteiger charge is 2.32. The van der Waals surface area contributed by atoms with Gasteiger partial charge in [-0.2, -0.15) is 0 Å². The molecular formula is C13H26FNO2. The van der Waals surface area contributed by atoms with Crippen molar-refractivity contribution in [2.45, 2.75) is 44.3 Å². The van der Waals surface area contributed by atoms with Gasteiger partial charge in [0.1, 0.15) is 0 Å². The number of nitrogens with zero attached hydrogens (tertiary/aromatic N) is 1. The molecule has 0 radical (unpaired) electrons. The summed E-state index contributed by atoms with van der Waals surface area (Å²) >= 11 is 0. The van der Waals surface area contributed by atoms with Gasteiger partial charge >= 0.3 is 0 Å². The van der Waals surface area contributed by atoms with E-state index in [-0.39, 0.29) is 12.5 Å². The first-order chi connectivity index (χ1) is 8.22. The van der Waals surface area contributed by atoms with E-state index < -0.39 is 0 Å². The van der Waals surface area contributed by atoms with E-state index in [9.17, 15) is 4.39 Å². The van der Waals surface area contributed by atoms with Crippen molar-refractivity contribution >= 4 is 0 Å². The quantitative estimate of drug-likeness (QED) is 0.615. The Balaban J connectivity index is 2.18. The molecule has 17 heavy (non-hydrogen) atoms. The summed E-state index contributed by atoms with van der Waals surface area (Å²) in [5.74, 6) is -0.348. The molecule has 0 saturated heterocycles. The van der Waals surface area contributed by atoms with Crippen LogP contribution in [0.25, 0.3) is 0 Å². The molecule has 4 heteroatoms.